The van der Waals surface area contributed by atoms with Crippen molar-refractivity contribution < 1.29 is 0 Å². The third kappa shape index (κ3) is 4.44. The molecule has 0 aliphatic heterocycles. The molecule has 0 radical (unpaired) electrons. The number of benzene rings is 6. The zero-order chi connectivity index (χ0) is 31.3. The number of hydrogen-bond acceptors (Lipinski definition) is 0. The topological polar surface area (TPSA) is 0 Å². The van der Waals surface area contributed by atoms with E-state index >= 15 is 0 Å². The molecule has 0 fully saturated rings. The second kappa shape index (κ2) is 11.1. The standard InChI is InChI=1S/C45H38/c1-7-29(8-2)31-19-23-33(24-20-31)43-36-16-11-12-17-37(36)44(34-25-21-32(22-26-34)30(9-3)10-4)40-28-42-38(27-39(40)43)35-15-13-14-18-41(35)45(42,5)6/h7-28H,1,3H2,2,4-6H3/b29-8+,30-10+. The zero-order valence-corrected chi connectivity index (χ0v) is 26.6. The van der Waals surface area contributed by atoms with E-state index in [-0.39, 0.29) is 5.41 Å². The van der Waals surface area contributed by atoms with E-state index in [1.807, 2.05) is 12.2 Å². The predicted octanol–water partition coefficient (Wildman–Crippen LogP) is 12.8. The first-order chi connectivity index (χ1) is 21.9. The van der Waals surface area contributed by atoms with Gasteiger partial charge in [-0.15, -0.1) is 0 Å². The summed E-state index contributed by atoms with van der Waals surface area (Å²) in [5, 5.41) is 5.09. The van der Waals surface area contributed by atoms with Crippen molar-refractivity contribution in [2.45, 2.75) is 33.1 Å². The summed E-state index contributed by atoms with van der Waals surface area (Å²) in [6.07, 6.45) is 8.09. The Labute approximate surface area is 267 Å². The summed E-state index contributed by atoms with van der Waals surface area (Å²) in [5.74, 6) is 0. The van der Waals surface area contributed by atoms with Gasteiger partial charge in [0.2, 0.25) is 0 Å². The minimum absolute atomic E-state index is 0.0902. The minimum atomic E-state index is -0.0902. The lowest BCUT2D eigenvalue weighted by molar-refractivity contribution is 0.661. The van der Waals surface area contributed by atoms with E-state index in [1.165, 1.54) is 77.2 Å². The van der Waals surface area contributed by atoms with Crippen LogP contribution in [0.1, 0.15) is 49.9 Å². The van der Waals surface area contributed by atoms with Gasteiger partial charge in [-0.3, -0.25) is 0 Å². The van der Waals surface area contributed by atoms with Crippen LogP contribution in [0, 0.1) is 0 Å². The van der Waals surface area contributed by atoms with Gasteiger partial charge in [-0.1, -0.05) is 148 Å². The van der Waals surface area contributed by atoms with Gasteiger partial charge >= 0.3 is 0 Å². The van der Waals surface area contributed by atoms with Crippen LogP contribution in [0.4, 0.5) is 0 Å². The van der Waals surface area contributed by atoms with Gasteiger partial charge in [0.25, 0.3) is 0 Å². The van der Waals surface area contributed by atoms with E-state index in [0.717, 1.165) is 11.1 Å². The summed E-state index contributed by atoms with van der Waals surface area (Å²) in [6, 6.07) is 40.8. The summed E-state index contributed by atoms with van der Waals surface area (Å²) < 4.78 is 0. The average Bonchev–Trinajstić information content (AvgIpc) is 3.30. The molecular weight excluding hydrogens is 540 g/mol. The normalized spacial score (nSPS) is 14.0. The molecule has 0 bridgehead atoms. The third-order valence-corrected chi connectivity index (χ3v) is 9.80. The average molecular weight is 579 g/mol. The fourth-order valence-corrected chi connectivity index (χ4v) is 7.46. The molecule has 0 amide bonds. The van der Waals surface area contributed by atoms with Crippen molar-refractivity contribution in [3.8, 4) is 33.4 Å². The van der Waals surface area contributed by atoms with Crippen molar-refractivity contribution >= 4 is 32.7 Å². The first-order valence-corrected chi connectivity index (χ1v) is 15.8. The molecule has 0 saturated carbocycles. The molecule has 0 saturated heterocycles. The molecule has 1 aliphatic carbocycles. The van der Waals surface area contributed by atoms with Crippen molar-refractivity contribution in [1.82, 2.24) is 0 Å². The highest BCUT2D eigenvalue weighted by Gasteiger charge is 2.36. The van der Waals surface area contributed by atoms with Gasteiger partial charge in [-0.25, -0.2) is 0 Å². The number of rotatable bonds is 6. The van der Waals surface area contributed by atoms with Crippen LogP contribution in [0.25, 0.3) is 66.1 Å². The Morgan fingerprint density at radius 2 is 0.978 bits per heavy atom. The van der Waals surface area contributed by atoms with E-state index in [2.05, 4.69) is 162 Å². The Morgan fingerprint density at radius 3 is 1.47 bits per heavy atom. The molecule has 45 heavy (non-hydrogen) atoms. The van der Waals surface area contributed by atoms with Gasteiger partial charge in [-0.2, -0.15) is 0 Å². The van der Waals surface area contributed by atoms with Gasteiger partial charge in [0.15, 0.2) is 0 Å². The monoisotopic (exact) mass is 578 g/mol. The van der Waals surface area contributed by atoms with Crippen LogP contribution >= 0.6 is 0 Å². The predicted molar refractivity (Wildman–Crippen MR) is 198 cm³/mol. The van der Waals surface area contributed by atoms with Crippen molar-refractivity contribution in [3.63, 3.8) is 0 Å². The van der Waals surface area contributed by atoms with E-state index < -0.39 is 0 Å². The molecule has 0 unspecified atom stereocenters. The number of hydrogen-bond donors (Lipinski definition) is 0. The highest BCUT2D eigenvalue weighted by Crippen LogP contribution is 2.53. The fraction of sp³-hybridized carbons (Fsp3) is 0.111. The second-order valence-electron chi connectivity index (χ2n) is 12.5. The SMILES string of the molecule is C=C/C(=C\C)c1ccc(-c2c3ccccc3c(-c3ccc(/C(C=C)=C/C)cc3)c3cc4c(cc23)-c2ccccc2C4(C)C)cc1. The quantitative estimate of drug-likeness (QED) is 0.136. The van der Waals surface area contributed by atoms with Crippen LogP contribution in [-0.2, 0) is 5.41 Å². The zero-order valence-electron chi connectivity index (χ0n) is 26.6. The van der Waals surface area contributed by atoms with Gasteiger partial charge in [-0.05, 0) is 114 Å². The Morgan fingerprint density at radius 1 is 0.511 bits per heavy atom. The highest BCUT2D eigenvalue weighted by atomic mass is 14.4. The van der Waals surface area contributed by atoms with E-state index in [4.69, 9.17) is 0 Å². The van der Waals surface area contributed by atoms with Crippen LogP contribution in [0.5, 0.6) is 0 Å². The number of fused-ring (bicyclic) bond motifs is 5. The van der Waals surface area contributed by atoms with Gasteiger partial charge in [0.1, 0.15) is 0 Å². The fourth-order valence-electron chi connectivity index (χ4n) is 7.46. The third-order valence-electron chi connectivity index (χ3n) is 9.80. The van der Waals surface area contributed by atoms with Gasteiger partial charge < -0.3 is 0 Å². The maximum absolute atomic E-state index is 4.02. The van der Waals surface area contributed by atoms with E-state index in [1.54, 1.807) is 0 Å². The van der Waals surface area contributed by atoms with Crippen molar-refractivity contribution in [2.24, 2.45) is 0 Å². The molecule has 218 valence electrons. The first kappa shape index (κ1) is 28.6. The second-order valence-corrected chi connectivity index (χ2v) is 12.5. The molecule has 0 heterocycles. The lowest BCUT2D eigenvalue weighted by Gasteiger charge is -2.24. The molecule has 7 rings (SSSR count). The van der Waals surface area contributed by atoms with Crippen LogP contribution in [0.2, 0.25) is 0 Å². The molecule has 6 aromatic rings. The summed E-state index contributed by atoms with van der Waals surface area (Å²) in [5.41, 5.74) is 15.0. The summed E-state index contributed by atoms with van der Waals surface area (Å²) in [7, 11) is 0. The molecule has 1 aliphatic rings. The molecule has 0 atom stereocenters. The summed E-state index contributed by atoms with van der Waals surface area (Å²) >= 11 is 0. The largest absolute Gasteiger partial charge is 0.0985 e. The maximum Gasteiger partial charge on any atom is 0.0159 e. The maximum atomic E-state index is 4.02. The first-order valence-electron chi connectivity index (χ1n) is 15.8. The molecule has 6 aromatic carbocycles. The lowest BCUT2D eigenvalue weighted by atomic mass is 9.79. The summed E-state index contributed by atoms with van der Waals surface area (Å²) in [6.45, 7) is 16.9. The van der Waals surface area contributed by atoms with Crippen LogP contribution < -0.4 is 0 Å². The minimum Gasteiger partial charge on any atom is -0.0985 e. The summed E-state index contributed by atoms with van der Waals surface area (Å²) in [4.78, 5) is 0. The van der Waals surface area contributed by atoms with E-state index in [9.17, 15) is 0 Å². The van der Waals surface area contributed by atoms with E-state index in [0.29, 0.717) is 0 Å². The van der Waals surface area contributed by atoms with Crippen LogP contribution in [-0.4, -0.2) is 0 Å². The molecule has 0 nitrogen and oxygen atoms in total. The number of allylic oxidation sites excluding steroid dienone is 6. The van der Waals surface area contributed by atoms with Crippen molar-refractivity contribution in [1.29, 1.82) is 0 Å². The van der Waals surface area contributed by atoms with Crippen LogP contribution in [0.3, 0.4) is 0 Å². The lowest BCUT2D eigenvalue weighted by Crippen LogP contribution is -2.14. The highest BCUT2D eigenvalue weighted by molar-refractivity contribution is 6.22. The molecule has 0 heteroatoms. The Kier molecular flexibility index (Phi) is 7.02. The Bertz CT molecular complexity index is 2200. The molecular formula is C45H38. The Balaban J connectivity index is 1.59. The van der Waals surface area contributed by atoms with Gasteiger partial charge in [0, 0.05) is 5.41 Å². The van der Waals surface area contributed by atoms with Crippen molar-refractivity contribution in [2.75, 3.05) is 0 Å². The van der Waals surface area contributed by atoms with Crippen molar-refractivity contribution in [3.05, 3.63) is 169 Å². The van der Waals surface area contributed by atoms with Gasteiger partial charge in [0.05, 0.1) is 0 Å². The molecule has 0 spiro atoms. The smallest absolute Gasteiger partial charge is 0.0159 e. The van der Waals surface area contributed by atoms with Crippen LogP contribution in [0.15, 0.2) is 147 Å². The molecule has 0 aromatic heterocycles. The Hall–Kier alpha value is -5.20. The molecule has 0 N–H and O–H groups in total.